The van der Waals surface area contributed by atoms with Crippen LogP contribution in [0.2, 0.25) is 0 Å². The number of hydrogen-bond acceptors (Lipinski definition) is 3. The van der Waals surface area contributed by atoms with Crippen LogP contribution in [-0.4, -0.2) is 48.6 Å². The Morgan fingerprint density at radius 2 is 2.11 bits per heavy atom. The first kappa shape index (κ1) is 13.9. The minimum absolute atomic E-state index is 0.00816. The van der Waals surface area contributed by atoms with Crippen LogP contribution in [0.4, 0.5) is 5.69 Å². The van der Waals surface area contributed by atoms with Crippen LogP contribution in [0.1, 0.15) is 16.8 Å². The summed E-state index contributed by atoms with van der Waals surface area (Å²) < 4.78 is 0.803. The number of carboxylic acids is 1. The van der Waals surface area contributed by atoms with Crippen molar-refractivity contribution in [2.45, 2.75) is 6.42 Å². The van der Waals surface area contributed by atoms with Crippen molar-refractivity contribution in [2.24, 2.45) is 0 Å². The van der Waals surface area contributed by atoms with Crippen LogP contribution in [0.5, 0.6) is 0 Å². The van der Waals surface area contributed by atoms with Crippen molar-refractivity contribution in [3.63, 3.8) is 0 Å². The number of aromatic carboxylic acids is 1. The van der Waals surface area contributed by atoms with E-state index in [1.165, 1.54) is 0 Å². The fraction of sp³-hybridized carbons (Fsp3) is 0.385. The lowest BCUT2D eigenvalue weighted by Crippen LogP contribution is -2.35. The van der Waals surface area contributed by atoms with Gasteiger partial charge in [0, 0.05) is 24.6 Å². The first-order valence-corrected chi connectivity index (χ1v) is 6.80. The van der Waals surface area contributed by atoms with E-state index in [2.05, 4.69) is 15.9 Å². The molecule has 1 aliphatic heterocycles. The number of likely N-dealkylation sites (N-methyl/N-ethyl adjacent to an activating group) is 1. The molecular formula is C13H15BrN2O3. The molecule has 5 nitrogen and oxygen atoms in total. The number of nitrogens with zero attached hydrogens (tertiary/aromatic N) is 2. The number of halogens is 1. The molecule has 0 unspecified atom stereocenters. The molecule has 19 heavy (non-hydrogen) atoms. The van der Waals surface area contributed by atoms with Crippen molar-refractivity contribution < 1.29 is 14.7 Å². The van der Waals surface area contributed by atoms with Crippen molar-refractivity contribution in [1.82, 2.24) is 4.90 Å². The Kier molecular flexibility index (Phi) is 4.09. The number of hydrogen-bond donors (Lipinski definition) is 1. The molecule has 1 heterocycles. The van der Waals surface area contributed by atoms with Gasteiger partial charge in [-0.2, -0.15) is 0 Å². The Morgan fingerprint density at radius 3 is 2.79 bits per heavy atom. The molecule has 1 aromatic rings. The van der Waals surface area contributed by atoms with Crippen LogP contribution < -0.4 is 4.90 Å². The minimum Gasteiger partial charge on any atom is -0.478 e. The Labute approximate surface area is 119 Å². The lowest BCUT2D eigenvalue weighted by molar-refractivity contribution is -0.127. The van der Waals surface area contributed by atoms with E-state index in [0.717, 1.165) is 10.9 Å². The third-order valence-electron chi connectivity index (χ3n) is 3.20. The topological polar surface area (TPSA) is 60.9 Å². The third-order valence-corrected chi connectivity index (χ3v) is 3.70. The molecule has 1 aromatic carbocycles. The largest absolute Gasteiger partial charge is 0.478 e. The summed E-state index contributed by atoms with van der Waals surface area (Å²) in [5.41, 5.74) is 0.811. The lowest BCUT2D eigenvalue weighted by Gasteiger charge is -2.23. The van der Waals surface area contributed by atoms with E-state index in [4.69, 9.17) is 0 Å². The number of anilines is 1. The quantitative estimate of drug-likeness (QED) is 0.900. The average Bonchev–Trinajstić information content (AvgIpc) is 2.51. The lowest BCUT2D eigenvalue weighted by atomic mass is 10.1. The fourth-order valence-electron chi connectivity index (χ4n) is 2.14. The van der Waals surface area contributed by atoms with Gasteiger partial charge in [-0.05, 0) is 24.6 Å². The summed E-state index contributed by atoms with van der Waals surface area (Å²) in [4.78, 5) is 26.7. The van der Waals surface area contributed by atoms with Gasteiger partial charge in [0.2, 0.25) is 5.91 Å². The standard InChI is InChI=1S/C13H15BrN2O3/c1-15-5-2-6-16(8-12(15)17)11-7-9(14)3-4-10(11)13(18)19/h3-4,7H,2,5-6,8H2,1H3,(H,18,19). The average molecular weight is 327 g/mol. The van der Waals surface area contributed by atoms with Gasteiger partial charge in [0.05, 0.1) is 17.8 Å². The van der Waals surface area contributed by atoms with Gasteiger partial charge in [-0.1, -0.05) is 15.9 Å². The predicted molar refractivity (Wildman–Crippen MR) is 75.6 cm³/mol. The van der Waals surface area contributed by atoms with Gasteiger partial charge in [0.25, 0.3) is 0 Å². The Balaban J connectivity index is 2.37. The Hall–Kier alpha value is -1.56. The second-order valence-corrected chi connectivity index (χ2v) is 5.47. The van der Waals surface area contributed by atoms with Gasteiger partial charge in [0.1, 0.15) is 0 Å². The highest BCUT2D eigenvalue weighted by atomic mass is 79.9. The van der Waals surface area contributed by atoms with Crippen molar-refractivity contribution in [2.75, 3.05) is 31.6 Å². The Bertz CT molecular complexity index is 519. The summed E-state index contributed by atoms with van der Waals surface area (Å²) in [7, 11) is 1.77. The van der Waals surface area contributed by atoms with Gasteiger partial charge in [-0.25, -0.2) is 4.79 Å². The number of carbonyl (C=O) groups excluding carboxylic acids is 1. The zero-order chi connectivity index (χ0) is 14.0. The van der Waals surface area contributed by atoms with Crippen molar-refractivity contribution in [3.05, 3.63) is 28.2 Å². The zero-order valence-corrected chi connectivity index (χ0v) is 12.2. The number of carboxylic acid groups (broad SMARTS) is 1. The molecule has 0 radical (unpaired) electrons. The van der Waals surface area contributed by atoms with Crippen molar-refractivity contribution in [1.29, 1.82) is 0 Å². The third kappa shape index (κ3) is 3.07. The highest BCUT2D eigenvalue weighted by Gasteiger charge is 2.22. The maximum atomic E-state index is 11.9. The van der Waals surface area contributed by atoms with Gasteiger partial charge in [0.15, 0.2) is 0 Å². The van der Waals surface area contributed by atoms with Crippen LogP contribution in [0, 0.1) is 0 Å². The van der Waals surface area contributed by atoms with Crippen molar-refractivity contribution >= 4 is 33.5 Å². The molecule has 0 saturated carbocycles. The second kappa shape index (κ2) is 5.61. The molecule has 1 fully saturated rings. The van der Waals surface area contributed by atoms with E-state index in [-0.39, 0.29) is 18.0 Å². The number of amides is 1. The first-order chi connectivity index (χ1) is 8.99. The van der Waals surface area contributed by atoms with Crippen LogP contribution in [0.15, 0.2) is 22.7 Å². The smallest absolute Gasteiger partial charge is 0.337 e. The summed E-state index contributed by atoms with van der Waals surface area (Å²) >= 11 is 3.34. The maximum absolute atomic E-state index is 11.9. The van der Waals surface area contributed by atoms with Gasteiger partial charge >= 0.3 is 5.97 Å². The summed E-state index contributed by atoms with van der Waals surface area (Å²) in [5, 5.41) is 9.24. The number of benzene rings is 1. The second-order valence-electron chi connectivity index (χ2n) is 4.56. The summed E-state index contributed by atoms with van der Waals surface area (Å²) in [6, 6.07) is 5.00. The molecule has 102 valence electrons. The van der Waals surface area contributed by atoms with Gasteiger partial charge in [-0.15, -0.1) is 0 Å². The molecule has 0 bridgehead atoms. The summed E-state index contributed by atoms with van der Waals surface area (Å²) in [6.45, 7) is 1.59. The number of rotatable bonds is 2. The van der Waals surface area contributed by atoms with Crippen LogP contribution in [-0.2, 0) is 4.79 Å². The molecule has 6 heteroatoms. The summed E-state index contributed by atoms with van der Waals surface area (Å²) in [5.74, 6) is -0.971. The van der Waals surface area contributed by atoms with Gasteiger partial charge < -0.3 is 14.9 Å². The van der Waals surface area contributed by atoms with E-state index < -0.39 is 5.97 Å². The molecular weight excluding hydrogens is 312 g/mol. The molecule has 1 N–H and O–H groups in total. The van der Waals surface area contributed by atoms with E-state index in [1.807, 2.05) is 4.90 Å². The molecule has 2 rings (SSSR count). The Morgan fingerprint density at radius 1 is 1.37 bits per heavy atom. The highest BCUT2D eigenvalue weighted by Crippen LogP contribution is 2.26. The molecule has 1 aliphatic rings. The fourth-order valence-corrected chi connectivity index (χ4v) is 2.49. The monoisotopic (exact) mass is 326 g/mol. The highest BCUT2D eigenvalue weighted by molar-refractivity contribution is 9.10. The number of carbonyl (C=O) groups is 2. The molecule has 0 aromatic heterocycles. The normalized spacial score (nSPS) is 16.4. The van der Waals surface area contributed by atoms with Gasteiger partial charge in [-0.3, -0.25) is 4.79 Å². The van der Waals surface area contributed by atoms with Crippen LogP contribution in [0.25, 0.3) is 0 Å². The van der Waals surface area contributed by atoms with E-state index in [9.17, 15) is 14.7 Å². The minimum atomic E-state index is -0.979. The molecule has 1 amide bonds. The maximum Gasteiger partial charge on any atom is 0.337 e. The molecule has 0 aliphatic carbocycles. The van der Waals surface area contributed by atoms with E-state index in [1.54, 1.807) is 30.1 Å². The van der Waals surface area contributed by atoms with Crippen LogP contribution in [0.3, 0.4) is 0 Å². The molecule has 0 spiro atoms. The zero-order valence-electron chi connectivity index (χ0n) is 10.6. The summed E-state index contributed by atoms with van der Waals surface area (Å²) in [6.07, 6.45) is 0.827. The SMILES string of the molecule is CN1CCCN(c2cc(Br)ccc2C(=O)O)CC1=O. The molecule has 0 atom stereocenters. The molecule has 1 saturated heterocycles. The van der Waals surface area contributed by atoms with E-state index >= 15 is 0 Å². The van der Waals surface area contributed by atoms with Crippen molar-refractivity contribution in [3.8, 4) is 0 Å². The first-order valence-electron chi connectivity index (χ1n) is 6.01. The van der Waals surface area contributed by atoms with Crippen LogP contribution >= 0.6 is 15.9 Å². The predicted octanol–water partition coefficient (Wildman–Crippen LogP) is 1.82. The van der Waals surface area contributed by atoms with E-state index in [0.29, 0.717) is 18.8 Å².